The second-order valence-electron chi connectivity index (χ2n) is 6.01. The fourth-order valence-electron chi connectivity index (χ4n) is 3.67. The molecule has 3 saturated heterocycles. The Morgan fingerprint density at radius 1 is 1.39 bits per heavy atom. The molecule has 0 bridgehead atoms. The van der Waals surface area contributed by atoms with Gasteiger partial charge in [0.05, 0.1) is 11.5 Å². The van der Waals surface area contributed by atoms with E-state index in [0.717, 1.165) is 58.4 Å². The predicted octanol–water partition coefficient (Wildman–Crippen LogP) is -0.689. The molecule has 3 heterocycles. The molecular formula is C13H23N3O2. The van der Waals surface area contributed by atoms with E-state index in [1.54, 1.807) is 0 Å². The largest absolute Gasteiger partial charge is 0.388 e. The lowest BCUT2D eigenvalue weighted by Gasteiger charge is -2.42. The zero-order valence-corrected chi connectivity index (χ0v) is 10.8. The third-order valence-corrected chi connectivity index (χ3v) is 4.75. The van der Waals surface area contributed by atoms with E-state index < -0.39 is 5.60 Å². The average molecular weight is 253 g/mol. The number of carbonyl (C=O) groups excluding carboxylic acids is 1. The van der Waals surface area contributed by atoms with Crippen LogP contribution < -0.4 is 10.6 Å². The van der Waals surface area contributed by atoms with Crippen molar-refractivity contribution in [1.29, 1.82) is 0 Å². The highest BCUT2D eigenvalue weighted by atomic mass is 16.3. The number of hydrogen-bond acceptors (Lipinski definition) is 4. The number of rotatable bonds is 2. The first-order valence-electron chi connectivity index (χ1n) is 7.13. The Labute approximate surface area is 108 Å². The number of amides is 1. The summed E-state index contributed by atoms with van der Waals surface area (Å²) in [6, 6.07) is 0.310. The molecule has 3 aliphatic heterocycles. The van der Waals surface area contributed by atoms with E-state index in [9.17, 15) is 9.90 Å². The Morgan fingerprint density at radius 2 is 2.17 bits per heavy atom. The first-order chi connectivity index (χ1) is 8.68. The number of nitrogens with one attached hydrogen (secondary N) is 2. The van der Waals surface area contributed by atoms with Crippen LogP contribution in [0.4, 0.5) is 0 Å². The fourth-order valence-corrected chi connectivity index (χ4v) is 3.67. The van der Waals surface area contributed by atoms with Crippen molar-refractivity contribution in [3.8, 4) is 0 Å². The van der Waals surface area contributed by atoms with Gasteiger partial charge in [-0.15, -0.1) is 0 Å². The number of nitrogens with zero attached hydrogens (tertiary/aromatic N) is 1. The summed E-state index contributed by atoms with van der Waals surface area (Å²) in [6.45, 7) is 4.31. The Hall–Kier alpha value is -0.650. The maximum Gasteiger partial charge on any atom is 0.224 e. The minimum atomic E-state index is -0.557. The summed E-state index contributed by atoms with van der Waals surface area (Å²) in [7, 11) is 0. The normalized spacial score (nSPS) is 36.2. The summed E-state index contributed by atoms with van der Waals surface area (Å²) in [4.78, 5) is 14.1. The van der Waals surface area contributed by atoms with Crippen molar-refractivity contribution in [1.82, 2.24) is 15.5 Å². The van der Waals surface area contributed by atoms with Gasteiger partial charge >= 0.3 is 0 Å². The van der Waals surface area contributed by atoms with Crippen LogP contribution in [0.15, 0.2) is 0 Å². The monoisotopic (exact) mass is 253 g/mol. The predicted molar refractivity (Wildman–Crippen MR) is 68.1 cm³/mol. The van der Waals surface area contributed by atoms with Crippen LogP contribution in [0, 0.1) is 5.92 Å². The Bertz CT molecular complexity index is 328. The maximum atomic E-state index is 11.7. The summed E-state index contributed by atoms with van der Waals surface area (Å²) in [5, 5.41) is 16.9. The zero-order valence-electron chi connectivity index (χ0n) is 10.8. The van der Waals surface area contributed by atoms with E-state index in [-0.39, 0.29) is 11.8 Å². The number of likely N-dealkylation sites (tertiary alicyclic amines) is 1. The lowest BCUT2D eigenvalue weighted by atomic mass is 9.87. The quantitative estimate of drug-likeness (QED) is 0.609. The molecule has 0 aromatic heterocycles. The fraction of sp³-hybridized carbons (Fsp3) is 0.923. The number of hydrogen-bond donors (Lipinski definition) is 3. The van der Waals surface area contributed by atoms with Crippen LogP contribution in [0.2, 0.25) is 0 Å². The van der Waals surface area contributed by atoms with Crippen LogP contribution in [0.25, 0.3) is 0 Å². The SMILES string of the molecule is O=C1NCC2C1CCCN2CC1(O)CCNCC1. The smallest absolute Gasteiger partial charge is 0.224 e. The Balaban J connectivity index is 1.66. The molecule has 3 N–H and O–H groups in total. The summed E-state index contributed by atoms with van der Waals surface area (Å²) in [5.74, 6) is 0.367. The molecule has 5 nitrogen and oxygen atoms in total. The van der Waals surface area contributed by atoms with Gasteiger partial charge in [0.2, 0.25) is 5.91 Å². The van der Waals surface area contributed by atoms with Gasteiger partial charge in [-0.05, 0) is 45.3 Å². The average Bonchev–Trinajstić information content (AvgIpc) is 2.73. The maximum absolute atomic E-state index is 11.7. The van der Waals surface area contributed by atoms with Gasteiger partial charge in [-0.2, -0.15) is 0 Å². The second-order valence-corrected chi connectivity index (χ2v) is 6.01. The number of piperidine rings is 2. The molecule has 3 rings (SSSR count). The van der Waals surface area contributed by atoms with Crippen LogP contribution in [0.1, 0.15) is 25.7 Å². The third kappa shape index (κ3) is 2.27. The molecule has 0 saturated carbocycles. The van der Waals surface area contributed by atoms with Gasteiger partial charge in [-0.25, -0.2) is 0 Å². The molecule has 5 heteroatoms. The van der Waals surface area contributed by atoms with Gasteiger partial charge in [0.1, 0.15) is 0 Å². The first-order valence-corrected chi connectivity index (χ1v) is 7.13. The summed E-state index contributed by atoms with van der Waals surface area (Å²) in [5.41, 5.74) is -0.557. The molecule has 0 radical (unpaired) electrons. The summed E-state index contributed by atoms with van der Waals surface area (Å²) < 4.78 is 0. The summed E-state index contributed by atoms with van der Waals surface area (Å²) in [6.07, 6.45) is 3.72. The molecular weight excluding hydrogens is 230 g/mol. The molecule has 3 aliphatic rings. The van der Waals surface area contributed by atoms with Crippen molar-refractivity contribution in [3.05, 3.63) is 0 Å². The van der Waals surface area contributed by atoms with Gasteiger partial charge in [0, 0.05) is 19.1 Å². The Morgan fingerprint density at radius 3 is 2.94 bits per heavy atom. The number of aliphatic hydroxyl groups is 1. The van der Waals surface area contributed by atoms with Crippen LogP contribution in [0.3, 0.4) is 0 Å². The molecule has 3 fully saturated rings. The standard InChI is InChI=1S/C13H23N3O2/c17-12-10-2-1-7-16(11(10)8-15-12)9-13(18)3-5-14-6-4-13/h10-11,14,18H,1-9H2,(H,15,17). The highest BCUT2D eigenvalue weighted by Gasteiger charge is 2.43. The van der Waals surface area contributed by atoms with Crippen LogP contribution in [-0.2, 0) is 4.79 Å². The van der Waals surface area contributed by atoms with E-state index in [2.05, 4.69) is 15.5 Å². The lowest BCUT2D eigenvalue weighted by Crippen LogP contribution is -2.55. The third-order valence-electron chi connectivity index (χ3n) is 4.75. The van der Waals surface area contributed by atoms with Gasteiger partial charge in [0.25, 0.3) is 0 Å². The molecule has 102 valence electrons. The van der Waals surface area contributed by atoms with Crippen LogP contribution in [-0.4, -0.2) is 60.3 Å². The number of fused-ring (bicyclic) bond motifs is 1. The molecule has 0 aliphatic carbocycles. The molecule has 0 aromatic carbocycles. The second kappa shape index (κ2) is 4.79. The van der Waals surface area contributed by atoms with Crippen molar-refractivity contribution in [2.75, 3.05) is 32.7 Å². The highest BCUT2D eigenvalue weighted by Crippen LogP contribution is 2.30. The minimum Gasteiger partial charge on any atom is -0.388 e. The topological polar surface area (TPSA) is 64.6 Å². The minimum absolute atomic E-state index is 0.157. The van der Waals surface area contributed by atoms with Crippen molar-refractivity contribution in [3.63, 3.8) is 0 Å². The van der Waals surface area contributed by atoms with Gasteiger partial charge in [-0.1, -0.05) is 0 Å². The van der Waals surface area contributed by atoms with Crippen molar-refractivity contribution < 1.29 is 9.90 Å². The molecule has 2 atom stereocenters. The lowest BCUT2D eigenvalue weighted by molar-refractivity contribution is -0.124. The van der Waals surface area contributed by atoms with E-state index in [1.165, 1.54) is 0 Å². The van der Waals surface area contributed by atoms with Crippen LogP contribution in [0.5, 0.6) is 0 Å². The van der Waals surface area contributed by atoms with Crippen molar-refractivity contribution in [2.45, 2.75) is 37.3 Å². The van der Waals surface area contributed by atoms with E-state index >= 15 is 0 Å². The van der Waals surface area contributed by atoms with E-state index in [0.29, 0.717) is 6.04 Å². The molecule has 0 aromatic rings. The van der Waals surface area contributed by atoms with E-state index in [4.69, 9.17) is 0 Å². The van der Waals surface area contributed by atoms with Gasteiger partial charge in [0.15, 0.2) is 0 Å². The molecule has 0 spiro atoms. The van der Waals surface area contributed by atoms with Crippen LogP contribution >= 0.6 is 0 Å². The number of carbonyl (C=O) groups is 1. The Kier molecular flexibility index (Phi) is 3.30. The van der Waals surface area contributed by atoms with Gasteiger partial charge in [-0.3, -0.25) is 9.69 Å². The molecule has 2 unspecified atom stereocenters. The van der Waals surface area contributed by atoms with Crippen molar-refractivity contribution >= 4 is 5.91 Å². The summed E-state index contributed by atoms with van der Waals surface area (Å²) >= 11 is 0. The molecule has 1 amide bonds. The molecule has 18 heavy (non-hydrogen) atoms. The first kappa shape index (κ1) is 12.4. The highest BCUT2D eigenvalue weighted by molar-refractivity contribution is 5.82. The number of β-amino-alcohol motifs (C(OH)–C–C–N with tert-alkyl or cyclic N) is 1. The zero-order chi connectivity index (χ0) is 12.6. The van der Waals surface area contributed by atoms with E-state index in [1.807, 2.05) is 0 Å². The van der Waals surface area contributed by atoms with Gasteiger partial charge < -0.3 is 15.7 Å². The van der Waals surface area contributed by atoms with Crippen molar-refractivity contribution in [2.24, 2.45) is 5.92 Å².